The third-order valence-corrected chi connectivity index (χ3v) is 8.29. The summed E-state index contributed by atoms with van der Waals surface area (Å²) in [6.07, 6.45) is 1.27. The summed E-state index contributed by atoms with van der Waals surface area (Å²) in [6.45, 7) is 4.01. The van der Waals surface area contributed by atoms with Crippen LogP contribution in [0.25, 0.3) is 10.8 Å². The second-order valence-corrected chi connectivity index (χ2v) is 10.8. The monoisotopic (exact) mass is 516 g/mol. The maximum atomic E-state index is 14.0. The summed E-state index contributed by atoms with van der Waals surface area (Å²) in [5.74, 6) is 0.301. The molecule has 192 valence electrons. The van der Waals surface area contributed by atoms with E-state index in [1.165, 1.54) is 4.31 Å². The molecule has 0 saturated heterocycles. The quantitative estimate of drug-likeness (QED) is 0.270. The topological polar surface area (TPSA) is 75.7 Å². The first-order valence-electron chi connectivity index (χ1n) is 12.4. The summed E-state index contributed by atoms with van der Waals surface area (Å²) >= 11 is 0. The first-order valence-corrected chi connectivity index (χ1v) is 13.9. The molecule has 7 heteroatoms. The van der Waals surface area contributed by atoms with Crippen LogP contribution >= 0.6 is 0 Å². The average molecular weight is 517 g/mol. The lowest BCUT2D eigenvalue weighted by Crippen LogP contribution is -2.43. The second-order valence-electron chi connectivity index (χ2n) is 8.91. The molecule has 0 aliphatic rings. The van der Waals surface area contributed by atoms with Gasteiger partial charge in [0, 0.05) is 17.1 Å². The number of hydrogen-bond donors (Lipinski definition) is 1. The third kappa shape index (κ3) is 6.56. The number of rotatable bonds is 11. The first-order chi connectivity index (χ1) is 17.9. The Labute approximate surface area is 218 Å². The van der Waals surface area contributed by atoms with Crippen molar-refractivity contribution >= 4 is 32.4 Å². The van der Waals surface area contributed by atoms with Crippen LogP contribution in [0.3, 0.4) is 0 Å². The highest BCUT2D eigenvalue weighted by atomic mass is 32.2. The van der Waals surface area contributed by atoms with Crippen molar-refractivity contribution in [3.05, 3.63) is 103 Å². The van der Waals surface area contributed by atoms with E-state index in [4.69, 9.17) is 4.74 Å². The van der Waals surface area contributed by atoms with Crippen LogP contribution in [-0.2, 0) is 21.2 Å². The number of sulfonamides is 1. The molecule has 1 N–H and O–H groups in total. The van der Waals surface area contributed by atoms with Crippen LogP contribution in [0.2, 0.25) is 0 Å². The van der Waals surface area contributed by atoms with Crippen LogP contribution < -0.4 is 10.1 Å². The number of hydrogen-bond acceptors (Lipinski definition) is 4. The minimum atomic E-state index is -3.98. The molecule has 4 rings (SSSR count). The van der Waals surface area contributed by atoms with Gasteiger partial charge in [0.25, 0.3) is 0 Å². The summed E-state index contributed by atoms with van der Waals surface area (Å²) in [5.41, 5.74) is 1.70. The summed E-state index contributed by atoms with van der Waals surface area (Å²) in [6, 6.07) is 29.2. The van der Waals surface area contributed by atoms with Crippen LogP contribution in [0, 0.1) is 0 Å². The molecule has 4 aromatic carbocycles. The number of aryl methyl sites for hydroxylation is 1. The fourth-order valence-corrected chi connectivity index (χ4v) is 6.17. The van der Waals surface area contributed by atoms with Crippen molar-refractivity contribution in [3.63, 3.8) is 0 Å². The molecule has 0 radical (unpaired) electrons. The van der Waals surface area contributed by atoms with Crippen LogP contribution in [0.15, 0.2) is 102 Å². The van der Waals surface area contributed by atoms with Gasteiger partial charge in [-0.1, -0.05) is 66.7 Å². The van der Waals surface area contributed by atoms with E-state index < -0.39 is 22.0 Å². The van der Waals surface area contributed by atoms with Gasteiger partial charge in [-0.15, -0.1) is 0 Å². The molecule has 1 unspecified atom stereocenters. The zero-order valence-corrected chi connectivity index (χ0v) is 21.9. The molecular weight excluding hydrogens is 484 g/mol. The number of nitrogens with one attached hydrogen (secondary N) is 1. The largest absolute Gasteiger partial charge is 0.494 e. The predicted molar refractivity (Wildman–Crippen MR) is 148 cm³/mol. The summed E-state index contributed by atoms with van der Waals surface area (Å²) in [5, 5.41) is 4.30. The number of anilines is 1. The standard InChI is InChI=1S/C30H32N2O4S/c1-3-36-27-20-18-26(19-21-27)31-30(33)22-32(23(2)16-17-24-10-5-4-6-11-24)37(34,35)29-15-9-13-25-12-7-8-14-28(25)29/h4-15,18-21,23H,3,16-17,22H2,1-2H3,(H,31,33). The molecule has 0 heterocycles. The zero-order valence-electron chi connectivity index (χ0n) is 21.1. The maximum Gasteiger partial charge on any atom is 0.244 e. The van der Waals surface area contributed by atoms with E-state index in [0.29, 0.717) is 36.3 Å². The van der Waals surface area contributed by atoms with E-state index in [0.717, 1.165) is 10.9 Å². The van der Waals surface area contributed by atoms with E-state index in [-0.39, 0.29) is 11.4 Å². The molecule has 37 heavy (non-hydrogen) atoms. The van der Waals surface area contributed by atoms with Crippen LogP contribution in [0.1, 0.15) is 25.8 Å². The Bertz CT molecular complexity index is 1430. The smallest absolute Gasteiger partial charge is 0.244 e. The van der Waals surface area contributed by atoms with Crippen molar-refractivity contribution in [2.45, 2.75) is 37.6 Å². The lowest BCUT2D eigenvalue weighted by Gasteiger charge is -2.28. The molecule has 0 fully saturated rings. The summed E-state index contributed by atoms with van der Waals surface area (Å²) < 4.78 is 34.8. The van der Waals surface area contributed by atoms with E-state index in [1.54, 1.807) is 42.5 Å². The van der Waals surface area contributed by atoms with Crippen molar-refractivity contribution in [2.75, 3.05) is 18.5 Å². The molecule has 6 nitrogen and oxygen atoms in total. The highest BCUT2D eigenvalue weighted by Crippen LogP contribution is 2.28. The Morgan fingerprint density at radius 1 is 0.892 bits per heavy atom. The van der Waals surface area contributed by atoms with Crippen LogP contribution in [-0.4, -0.2) is 37.8 Å². The van der Waals surface area contributed by atoms with Crippen molar-refractivity contribution in [1.29, 1.82) is 0 Å². The molecule has 1 amide bonds. The average Bonchev–Trinajstić information content (AvgIpc) is 2.92. The van der Waals surface area contributed by atoms with E-state index in [2.05, 4.69) is 5.32 Å². The molecule has 4 aromatic rings. The molecule has 0 aliphatic heterocycles. The molecule has 1 atom stereocenters. The number of carbonyl (C=O) groups excluding carboxylic acids is 1. The van der Waals surface area contributed by atoms with Gasteiger partial charge in [-0.25, -0.2) is 8.42 Å². The molecule has 0 aromatic heterocycles. The Morgan fingerprint density at radius 3 is 2.30 bits per heavy atom. The van der Waals surface area contributed by atoms with Gasteiger partial charge >= 0.3 is 0 Å². The SMILES string of the molecule is CCOc1ccc(NC(=O)CN(C(C)CCc2ccccc2)S(=O)(=O)c2cccc3ccccc23)cc1. The number of fused-ring (bicyclic) bond motifs is 1. The van der Waals surface area contributed by atoms with Gasteiger partial charge in [0.15, 0.2) is 0 Å². The molecule has 0 saturated carbocycles. The maximum absolute atomic E-state index is 14.0. The summed E-state index contributed by atoms with van der Waals surface area (Å²) in [4.78, 5) is 13.3. The minimum Gasteiger partial charge on any atom is -0.494 e. The number of amides is 1. The lowest BCUT2D eigenvalue weighted by atomic mass is 10.1. The highest BCUT2D eigenvalue weighted by Gasteiger charge is 2.32. The van der Waals surface area contributed by atoms with E-state index >= 15 is 0 Å². The zero-order chi connectivity index (χ0) is 26.3. The normalized spacial score (nSPS) is 12.4. The number of carbonyl (C=O) groups is 1. The Hall–Kier alpha value is -3.68. The van der Waals surface area contributed by atoms with Gasteiger partial charge in [-0.2, -0.15) is 4.31 Å². The van der Waals surface area contributed by atoms with Crippen molar-refractivity contribution in [2.24, 2.45) is 0 Å². The van der Waals surface area contributed by atoms with E-state index in [9.17, 15) is 13.2 Å². The molecule has 0 aliphatic carbocycles. The van der Waals surface area contributed by atoms with Gasteiger partial charge in [-0.05, 0) is 68.0 Å². The van der Waals surface area contributed by atoms with Gasteiger partial charge < -0.3 is 10.1 Å². The Morgan fingerprint density at radius 2 is 1.57 bits per heavy atom. The molecule has 0 spiro atoms. The number of benzene rings is 4. The fourth-order valence-electron chi connectivity index (χ4n) is 4.33. The van der Waals surface area contributed by atoms with Crippen molar-refractivity contribution in [3.8, 4) is 5.75 Å². The first kappa shape index (κ1) is 26.4. The summed E-state index contributed by atoms with van der Waals surface area (Å²) in [7, 11) is -3.98. The highest BCUT2D eigenvalue weighted by molar-refractivity contribution is 7.89. The molecular formula is C30H32N2O4S. The van der Waals surface area contributed by atoms with E-state index in [1.807, 2.05) is 68.4 Å². The van der Waals surface area contributed by atoms with Gasteiger partial charge in [0.05, 0.1) is 18.0 Å². The Kier molecular flexibility index (Phi) is 8.58. The van der Waals surface area contributed by atoms with Crippen LogP contribution in [0.4, 0.5) is 5.69 Å². The molecule has 0 bridgehead atoms. The van der Waals surface area contributed by atoms with Gasteiger partial charge in [-0.3, -0.25) is 4.79 Å². The van der Waals surface area contributed by atoms with Gasteiger partial charge in [0.2, 0.25) is 15.9 Å². The van der Waals surface area contributed by atoms with Gasteiger partial charge in [0.1, 0.15) is 5.75 Å². The van der Waals surface area contributed by atoms with Crippen molar-refractivity contribution < 1.29 is 17.9 Å². The third-order valence-electron chi connectivity index (χ3n) is 6.27. The van der Waals surface area contributed by atoms with Crippen molar-refractivity contribution in [1.82, 2.24) is 4.31 Å². The fraction of sp³-hybridized carbons (Fsp3) is 0.233. The minimum absolute atomic E-state index is 0.200. The predicted octanol–water partition coefficient (Wildman–Crippen LogP) is 5.89. The Balaban J connectivity index is 1.60. The number of nitrogens with zero attached hydrogens (tertiary/aromatic N) is 1. The number of ether oxygens (including phenoxy) is 1. The second kappa shape index (κ2) is 12.0. The van der Waals surface area contributed by atoms with Crippen LogP contribution in [0.5, 0.6) is 5.75 Å². The lowest BCUT2D eigenvalue weighted by molar-refractivity contribution is -0.116.